The van der Waals surface area contributed by atoms with Crippen molar-refractivity contribution in [3.63, 3.8) is 0 Å². The van der Waals surface area contributed by atoms with Gasteiger partial charge in [0.2, 0.25) is 5.88 Å². The van der Waals surface area contributed by atoms with Gasteiger partial charge in [0.15, 0.2) is 0 Å². The zero-order valence-corrected chi connectivity index (χ0v) is 9.91. The van der Waals surface area contributed by atoms with Crippen molar-refractivity contribution in [3.8, 4) is 5.88 Å². The minimum absolute atomic E-state index is 0.464. The highest BCUT2D eigenvalue weighted by Gasteiger charge is 2.11. The SMILES string of the molecule is COc1nc(/C=C\C2CCOC2)ccc1Cl. The first-order chi connectivity index (χ1) is 7.79. The van der Waals surface area contributed by atoms with Gasteiger partial charge in [0.1, 0.15) is 5.02 Å². The summed E-state index contributed by atoms with van der Waals surface area (Å²) >= 11 is 5.89. The molecule has 1 fully saturated rings. The summed E-state index contributed by atoms with van der Waals surface area (Å²) in [6, 6.07) is 3.66. The van der Waals surface area contributed by atoms with Gasteiger partial charge < -0.3 is 9.47 Å². The Morgan fingerprint density at radius 2 is 2.44 bits per heavy atom. The number of nitrogens with zero attached hydrogens (tertiary/aromatic N) is 1. The number of pyridine rings is 1. The predicted octanol–water partition coefficient (Wildman–Crippen LogP) is 2.79. The first-order valence-corrected chi connectivity index (χ1v) is 5.64. The lowest BCUT2D eigenvalue weighted by atomic mass is 10.1. The van der Waals surface area contributed by atoms with Crippen LogP contribution in [0, 0.1) is 5.92 Å². The molecule has 0 amide bonds. The number of hydrogen-bond donors (Lipinski definition) is 0. The molecular weight excluding hydrogens is 226 g/mol. The quantitative estimate of drug-likeness (QED) is 0.813. The van der Waals surface area contributed by atoms with Gasteiger partial charge in [-0.2, -0.15) is 0 Å². The summed E-state index contributed by atoms with van der Waals surface area (Å²) in [5, 5.41) is 0.531. The van der Waals surface area contributed by atoms with E-state index in [1.807, 2.05) is 12.1 Å². The Labute approximate surface area is 100 Å². The first-order valence-electron chi connectivity index (χ1n) is 5.26. The molecule has 4 heteroatoms. The van der Waals surface area contributed by atoms with E-state index in [0.717, 1.165) is 25.3 Å². The molecule has 0 aliphatic carbocycles. The van der Waals surface area contributed by atoms with Gasteiger partial charge in [-0.15, -0.1) is 0 Å². The van der Waals surface area contributed by atoms with Crippen LogP contribution in [0.4, 0.5) is 0 Å². The molecular formula is C12H14ClNO2. The van der Waals surface area contributed by atoms with E-state index in [1.165, 1.54) is 0 Å². The molecule has 0 N–H and O–H groups in total. The lowest BCUT2D eigenvalue weighted by molar-refractivity contribution is 0.191. The van der Waals surface area contributed by atoms with E-state index in [4.69, 9.17) is 21.1 Å². The molecule has 1 atom stereocenters. The van der Waals surface area contributed by atoms with Crippen LogP contribution in [0.2, 0.25) is 5.02 Å². The summed E-state index contributed by atoms with van der Waals surface area (Å²) in [7, 11) is 1.56. The fraction of sp³-hybridized carbons (Fsp3) is 0.417. The number of rotatable bonds is 3. The van der Waals surface area contributed by atoms with Crippen molar-refractivity contribution in [1.29, 1.82) is 0 Å². The minimum Gasteiger partial charge on any atom is -0.480 e. The van der Waals surface area contributed by atoms with Gasteiger partial charge in [0.25, 0.3) is 0 Å². The molecule has 0 bridgehead atoms. The zero-order chi connectivity index (χ0) is 11.4. The molecule has 2 heterocycles. The normalized spacial score (nSPS) is 20.5. The second kappa shape index (κ2) is 5.32. The largest absolute Gasteiger partial charge is 0.480 e. The van der Waals surface area contributed by atoms with Gasteiger partial charge in [0, 0.05) is 12.5 Å². The fourth-order valence-electron chi connectivity index (χ4n) is 1.61. The third-order valence-electron chi connectivity index (χ3n) is 2.53. The lowest BCUT2D eigenvalue weighted by Gasteiger charge is -2.03. The molecule has 1 aromatic heterocycles. The average molecular weight is 240 g/mol. The van der Waals surface area contributed by atoms with Crippen LogP contribution >= 0.6 is 11.6 Å². The number of aromatic nitrogens is 1. The third kappa shape index (κ3) is 2.74. The van der Waals surface area contributed by atoms with E-state index < -0.39 is 0 Å². The van der Waals surface area contributed by atoms with E-state index >= 15 is 0 Å². The van der Waals surface area contributed by atoms with Crippen LogP contribution in [0.3, 0.4) is 0 Å². The Balaban J connectivity index is 2.08. The van der Waals surface area contributed by atoms with Crippen molar-refractivity contribution >= 4 is 17.7 Å². The Morgan fingerprint density at radius 1 is 1.56 bits per heavy atom. The Hall–Kier alpha value is -1.06. The molecule has 0 aromatic carbocycles. The molecule has 2 rings (SSSR count). The fourth-order valence-corrected chi connectivity index (χ4v) is 1.80. The van der Waals surface area contributed by atoms with Crippen molar-refractivity contribution in [2.75, 3.05) is 20.3 Å². The smallest absolute Gasteiger partial charge is 0.232 e. The number of halogens is 1. The van der Waals surface area contributed by atoms with Gasteiger partial charge >= 0.3 is 0 Å². The summed E-state index contributed by atoms with van der Waals surface area (Å²) < 4.78 is 10.3. The standard InChI is InChI=1S/C12H14ClNO2/c1-15-12-11(13)5-4-10(14-12)3-2-9-6-7-16-8-9/h2-5,9H,6-8H2,1H3/b3-2-. The molecule has 1 aliphatic rings. The molecule has 16 heavy (non-hydrogen) atoms. The third-order valence-corrected chi connectivity index (χ3v) is 2.82. The number of methoxy groups -OCH3 is 1. The van der Waals surface area contributed by atoms with Crippen molar-refractivity contribution in [2.45, 2.75) is 6.42 Å². The van der Waals surface area contributed by atoms with Crippen LogP contribution < -0.4 is 4.74 Å². The average Bonchev–Trinajstić information content (AvgIpc) is 2.81. The van der Waals surface area contributed by atoms with Crippen molar-refractivity contribution in [2.24, 2.45) is 5.92 Å². The monoisotopic (exact) mass is 239 g/mol. The van der Waals surface area contributed by atoms with Crippen LogP contribution in [0.1, 0.15) is 12.1 Å². The maximum atomic E-state index is 5.89. The van der Waals surface area contributed by atoms with Crippen molar-refractivity contribution in [3.05, 3.63) is 28.9 Å². The number of ether oxygens (including phenoxy) is 2. The molecule has 86 valence electrons. The first kappa shape index (κ1) is 11.4. The second-order valence-electron chi connectivity index (χ2n) is 3.71. The van der Waals surface area contributed by atoms with E-state index in [2.05, 4.69) is 11.1 Å². The van der Waals surface area contributed by atoms with Crippen LogP contribution in [-0.4, -0.2) is 25.3 Å². The highest BCUT2D eigenvalue weighted by Crippen LogP contribution is 2.22. The molecule has 3 nitrogen and oxygen atoms in total. The molecule has 1 unspecified atom stereocenters. The van der Waals surface area contributed by atoms with E-state index in [9.17, 15) is 0 Å². The minimum atomic E-state index is 0.464. The second-order valence-corrected chi connectivity index (χ2v) is 4.12. The topological polar surface area (TPSA) is 31.4 Å². The summed E-state index contributed by atoms with van der Waals surface area (Å²) in [5.41, 5.74) is 0.855. The zero-order valence-electron chi connectivity index (χ0n) is 9.15. The van der Waals surface area contributed by atoms with Gasteiger partial charge in [-0.25, -0.2) is 4.98 Å². The molecule has 0 spiro atoms. The van der Waals surface area contributed by atoms with Crippen LogP contribution in [0.15, 0.2) is 18.2 Å². The molecule has 0 saturated carbocycles. The predicted molar refractivity (Wildman–Crippen MR) is 63.8 cm³/mol. The van der Waals surface area contributed by atoms with Crippen LogP contribution in [0.5, 0.6) is 5.88 Å². The number of hydrogen-bond acceptors (Lipinski definition) is 3. The van der Waals surface area contributed by atoms with E-state index in [1.54, 1.807) is 13.2 Å². The van der Waals surface area contributed by atoms with Crippen LogP contribution in [-0.2, 0) is 4.74 Å². The molecule has 0 radical (unpaired) electrons. The van der Waals surface area contributed by atoms with Crippen molar-refractivity contribution in [1.82, 2.24) is 4.98 Å². The molecule has 1 saturated heterocycles. The van der Waals surface area contributed by atoms with Gasteiger partial charge in [-0.05, 0) is 24.6 Å². The highest BCUT2D eigenvalue weighted by molar-refractivity contribution is 6.31. The molecule has 1 aliphatic heterocycles. The van der Waals surface area contributed by atoms with Gasteiger partial charge in [-0.3, -0.25) is 0 Å². The van der Waals surface area contributed by atoms with E-state index in [0.29, 0.717) is 16.8 Å². The highest BCUT2D eigenvalue weighted by atomic mass is 35.5. The van der Waals surface area contributed by atoms with Crippen molar-refractivity contribution < 1.29 is 9.47 Å². The summed E-state index contributed by atoms with van der Waals surface area (Å²) in [6.45, 7) is 1.66. The van der Waals surface area contributed by atoms with Gasteiger partial charge in [0.05, 0.1) is 19.4 Å². The Morgan fingerprint density at radius 3 is 3.12 bits per heavy atom. The summed E-state index contributed by atoms with van der Waals surface area (Å²) in [5.74, 6) is 0.968. The Bertz CT molecular complexity index is 387. The van der Waals surface area contributed by atoms with Gasteiger partial charge in [-0.1, -0.05) is 17.7 Å². The maximum Gasteiger partial charge on any atom is 0.232 e. The summed E-state index contributed by atoms with van der Waals surface area (Å²) in [4.78, 5) is 4.27. The maximum absolute atomic E-state index is 5.89. The van der Waals surface area contributed by atoms with Crippen LogP contribution in [0.25, 0.3) is 6.08 Å². The molecule has 1 aromatic rings. The Kier molecular flexibility index (Phi) is 3.80. The van der Waals surface area contributed by atoms with E-state index in [-0.39, 0.29) is 0 Å². The summed E-state index contributed by atoms with van der Waals surface area (Å²) in [6.07, 6.45) is 5.20. The lowest BCUT2D eigenvalue weighted by Crippen LogP contribution is -1.94.